The maximum absolute atomic E-state index is 4.50. The summed E-state index contributed by atoms with van der Waals surface area (Å²) in [4.78, 5) is 0. The van der Waals surface area contributed by atoms with Crippen molar-refractivity contribution in [2.45, 2.75) is 65.3 Å². The molecule has 0 aliphatic heterocycles. The fourth-order valence-corrected chi connectivity index (χ4v) is 2.93. The third-order valence-corrected chi connectivity index (χ3v) is 4.18. The standard InChI is InChI=1S/C17H28N4/c1-13-14(12-20(7)19-13)17(5,6)9-11-21-15(8-10-18-21)16(2,3)4/h8,10,12H,9,11H2,1-7H3. The lowest BCUT2D eigenvalue weighted by Crippen LogP contribution is -2.24. The number of hydrogen-bond acceptors (Lipinski definition) is 2. The van der Waals surface area contributed by atoms with Gasteiger partial charge in [0.1, 0.15) is 0 Å². The van der Waals surface area contributed by atoms with Crippen molar-refractivity contribution in [3.8, 4) is 0 Å². The van der Waals surface area contributed by atoms with E-state index in [2.05, 4.69) is 68.7 Å². The van der Waals surface area contributed by atoms with E-state index in [9.17, 15) is 0 Å². The van der Waals surface area contributed by atoms with Gasteiger partial charge in [-0.3, -0.25) is 9.36 Å². The maximum atomic E-state index is 4.50. The summed E-state index contributed by atoms with van der Waals surface area (Å²) in [5.74, 6) is 0. The molecule has 2 aromatic heterocycles. The highest BCUT2D eigenvalue weighted by Gasteiger charge is 2.26. The van der Waals surface area contributed by atoms with E-state index in [0.29, 0.717) is 0 Å². The molecule has 0 bridgehead atoms. The summed E-state index contributed by atoms with van der Waals surface area (Å²) >= 11 is 0. The van der Waals surface area contributed by atoms with Gasteiger partial charge in [0, 0.05) is 37.1 Å². The first kappa shape index (κ1) is 15.8. The van der Waals surface area contributed by atoms with Crippen LogP contribution in [0.4, 0.5) is 0 Å². The van der Waals surface area contributed by atoms with E-state index in [0.717, 1.165) is 18.7 Å². The largest absolute Gasteiger partial charge is 0.275 e. The van der Waals surface area contributed by atoms with Gasteiger partial charge in [-0.2, -0.15) is 10.2 Å². The number of hydrogen-bond donors (Lipinski definition) is 0. The van der Waals surface area contributed by atoms with Gasteiger partial charge in [0.2, 0.25) is 0 Å². The molecule has 0 aromatic carbocycles. The van der Waals surface area contributed by atoms with Crippen molar-refractivity contribution < 1.29 is 0 Å². The Balaban J connectivity index is 2.16. The number of rotatable bonds is 4. The van der Waals surface area contributed by atoms with Crippen LogP contribution in [0.15, 0.2) is 18.5 Å². The zero-order valence-electron chi connectivity index (χ0n) is 14.4. The lowest BCUT2D eigenvalue weighted by Gasteiger charge is -2.26. The second kappa shape index (κ2) is 5.32. The Morgan fingerprint density at radius 2 is 1.81 bits per heavy atom. The van der Waals surface area contributed by atoms with Gasteiger partial charge in [0.15, 0.2) is 0 Å². The Hall–Kier alpha value is -1.58. The minimum Gasteiger partial charge on any atom is -0.275 e. The van der Waals surface area contributed by atoms with Gasteiger partial charge in [-0.15, -0.1) is 0 Å². The van der Waals surface area contributed by atoms with Crippen LogP contribution in [-0.2, 0) is 24.4 Å². The molecule has 0 unspecified atom stereocenters. The fourth-order valence-electron chi connectivity index (χ4n) is 2.93. The Labute approximate surface area is 128 Å². The summed E-state index contributed by atoms with van der Waals surface area (Å²) < 4.78 is 4.05. The molecule has 0 radical (unpaired) electrons. The highest BCUT2D eigenvalue weighted by Crippen LogP contribution is 2.30. The predicted molar refractivity (Wildman–Crippen MR) is 86.5 cm³/mol. The highest BCUT2D eigenvalue weighted by molar-refractivity contribution is 5.25. The first-order valence-electron chi connectivity index (χ1n) is 7.64. The summed E-state index contributed by atoms with van der Waals surface area (Å²) in [5, 5.41) is 8.98. The zero-order valence-corrected chi connectivity index (χ0v) is 14.4. The minimum atomic E-state index is 0.0967. The number of aryl methyl sites for hydroxylation is 3. The van der Waals surface area contributed by atoms with E-state index in [1.165, 1.54) is 11.3 Å². The van der Waals surface area contributed by atoms with E-state index in [1.807, 2.05) is 17.9 Å². The van der Waals surface area contributed by atoms with Crippen LogP contribution in [0.2, 0.25) is 0 Å². The molecule has 0 saturated carbocycles. The van der Waals surface area contributed by atoms with Gasteiger partial charge in [0.05, 0.1) is 5.69 Å². The van der Waals surface area contributed by atoms with Crippen LogP contribution in [0.25, 0.3) is 0 Å². The number of nitrogens with zero attached hydrogens (tertiary/aromatic N) is 4. The van der Waals surface area contributed by atoms with Crippen LogP contribution in [0.1, 0.15) is 58.0 Å². The molecule has 21 heavy (non-hydrogen) atoms. The molecule has 0 aliphatic rings. The van der Waals surface area contributed by atoms with Crippen molar-refractivity contribution in [3.63, 3.8) is 0 Å². The molecule has 0 aliphatic carbocycles. The van der Waals surface area contributed by atoms with Gasteiger partial charge in [-0.25, -0.2) is 0 Å². The average Bonchev–Trinajstić information content (AvgIpc) is 2.92. The lowest BCUT2D eigenvalue weighted by molar-refractivity contribution is 0.396. The van der Waals surface area contributed by atoms with Crippen LogP contribution in [0.5, 0.6) is 0 Å². The number of aromatic nitrogens is 4. The summed E-state index contributed by atoms with van der Waals surface area (Å²) in [6.45, 7) is 14.3. The van der Waals surface area contributed by atoms with Crippen LogP contribution >= 0.6 is 0 Å². The molecule has 0 spiro atoms. The smallest absolute Gasteiger partial charge is 0.0631 e. The van der Waals surface area contributed by atoms with Crippen LogP contribution in [0, 0.1) is 6.92 Å². The van der Waals surface area contributed by atoms with Gasteiger partial charge < -0.3 is 0 Å². The highest BCUT2D eigenvalue weighted by atomic mass is 15.3. The van der Waals surface area contributed by atoms with Crippen molar-refractivity contribution in [3.05, 3.63) is 35.4 Å². The quantitative estimate of drug-likeness (QED) is 0.862. The molecule has 4 nitrogen and oxygen atoms in total. The van der Waals surface area contributed by atoms with Gasteiger partial charge in [-0.05, 0) is 30.4 Å². The van der Waals surface area contributed by atoms with E-state index < -0.39 is 0 Å². The maximum Gasteiger partial charge on any atom is 0.0631 e. The molecule has 0 amide bonds. The van der Waals surface area contributed by atoms with Crippen LogP contribution in [-0.4, -0.2) is 19.6 Å². The summed E-state index contributed by atoms with van der Waals surface area (Å²) in [5.41, 5.74) is 3.97. The molecule has 116 valence electrons. The lowest BCUT2D eigenvalue weighted by atomic mass is 9.81. The van der Waals surface area contributed by atoms with Gasteiger partial charge in [-0.1, -0.05) is 34.6 Å². The van der Waals surface area contributed by atoms with E-state index in [-0.39, 0.29) is 10.8 Å². The van der Waals surface area contributed by atoms with Crippen molar-refractivity contribution in [2.75, 3.05) is 0 Å². The average molecular weight is 288 g/mol. The Morgan fingerprint density at radius 1 is 1.14 bits per heavy atom. The SMILES string of the molecule is Cc1nn(C)cc1C(C)(C)CCn1nccc1C(C)(C)C. The van der Waals surface area contributed by atoms with Gasteiger partial charge in [0.25, 0.3) is 0 Å². The first-order chi connectivity index (χ1) is 9.61. The van der Waals surface area contributed by atoms with E-state index in [1.54, 1.807) is 0 Å². The van der Waals surface area contributed by atoms with E-state index >= 15 is 0 Å². The normalized spacial score (nSPS) is 12.9. The molecule has 0 saturated heterocycles. The third-order valence-electron chi connectivity index (χ3n) is 4.18. The molecule has 0 fully saturated rings. The van der Waals surface area contributed by atoms with Crippen molar-refractivity contribution in [2.24, 2.45) is 7.05 Å². The molecule has 2 aromatic rings. The van der Waals surface area contributed by atoms with Gasteiger partial charge >= 0.3 is 0 Å². The topological polar surface area (TPSA) is 35.6 Å². The second-order valence-corrected chi connectivity index (χ2v) is 7.63. The summed E-state index contributed by atoms with van der Waals surface area (Å²) in [6.07, 6.45) is 5.09. The zero-order chi connectivity index (χ0) is 15.8. The summed E-state index contributed by atoms with van der Waals surface area (Å²) in [7, 11) is 1.98. The Morgan fingerprint density at radius 3 is 2.33 bits per heavy atom. The Bertz CT molecular complexity index is 611. The Kier molecular flexibility index (Phi) is 4.00. The molecular formula is C17H28N4. The van der Waals surface area contributed by atoms with Crippen LogP contribution in [0.3, 0.4) is 0 Å². The van der Waals surface area contributed by atoms with Crippen molar-refractivity contribution in [1.82, 2.24) is 19.6 Å². The molecule has 2 rings (SSSR count). The summed E-state index contributed by atoms with van der Waals surface area (Å²) in [6, 6.07) is 2.13. The molecule has 0 N–H and O–H groups in total. The molecular weight excluding hydrogens is 260 g/mol. The van der Waals surface area contributed by atoms with Crippen molar-refractivity contribution >= 4 is 0 Å². The first-order valence-corrected chi connectivity index (χ1v) is 7.64. The fraction of sp³-hybridized carbons (Fsp3) is 0.647. The molecule has 2 heterocycles. The minimum absolute atomic E-state index is 0.0967. The van der Waals surface area contributed by atoms with Crippen molar-refractivity contribution in [1.29, 1.82) is 0 Å². The third kappa shape index (κ3) is 3.36. The second-order valence-electron chi connectivity index (χ2n) is 7.63. The monoisotopic (exact) mass is 288 g/mol. The van der Waals surface area contributed by atoms with E-state index in [4.69, 9.17) is 0 Å². The molecule has 0 atom stereocenters. The van der Waals surface area contributed by atoms with Crippen LogP contribution < -0.4 is 0 Å². The predicted octanol–water partition coefficient (Wildman–Crippen LogP) is 3.59. The molecule has 4 heteroatoms.